The zero-order valence-electron chi connectivity index (χ0n) is 11.3. The standard InChI is InChI=1S/C16H19NOS/c1-18-12-4-5-15-14(9-12)13-6-8-17-7-2-3-11(10-17)16(13)19-15/h4-5,9,11H,2-3,6-8,10H2,1H3/t11-/m1/s1. The third-order valence-corrected chi connectivity index (χ3v) is 5.96. The van der Waals surface area contributed by atoms with Gasteiger partial charge in [0.15, 0.2) is 0 Å². The molecule has 0 aliphatic carbocycles. The Morgan fingerprint density at radius 3 is 3.16 bits per heavy atom. The van der Waals surface area contributed by atoms with Gasteiger partial charge in [-0.1, -0.05) is 0 Å². The summed E-state index contributed by atoms with van der Waals surface area (Å²) in [5, 5.41) is 1.44. The molecule has 2 bridgehead atoms. The minimum Gasteiger partial charge on any atom is -0.497 e. The topological polar surface area (TPSA) is 12.5 Å². The van der Waals surface area contributed by atoms with Crippen molar-refractivity contribution in [3.05, 3.63) is 28.6 Å². The highest BCUT2D eigenvalue weighted by atomic mass is 32.1. The van der Waals surface area contributed by atoms with Gasteiger partial charge in [-0.25, -0.2) is 0 Å². The van der Waals surface area contributed by atoms with E-state index in [0.29, 0.717) is 0 Å². The Morgan fingerprint density at radius 1 is 1.32 bits per heavy atom. The number of benzene rings is 1. The van der Waals surface area contributed by atoms with Crippen molar-refractivity contribution in [2.24, 2.45) is 0 Å². The molecule has 1 unspecified atom stereocenters. The van der Waals surface area contributed by atoms with Crippen LogP contribution < -0.4 is 4.74 Å². The van der Waals surface area contributed by atoms with Gasteiger partial charge in [-0.2, -0.15) is 0 Å². The van der Waals surface area contributed by atoms with E-state index in [1.807, 2.05) is 11.3 Å². The molecule has 1 aromatic carbocycles. The summed E-state index contributed by atoms with van der Waals surface area (Å²) in [6.45, 7) is 3.80. The van der Waals surface area contributed by atoms with Crippen LogP contribution in [-0.2, 0) is 6.42 Å². The van der Waals surface area contributed by atoms with E-state index in [0.717, 1.165) is 11.7 Å². The van der Waals surface area contributed by atoms with E-state index in [-0.39, 0.29) is 0 Å². The summed E-state index contributed by atoms with van der Waals surface area (Å²) in [6.07, 6.45) is 3.94. The van der Waals surface area contributed by atoms with Crippen LogP contribution in [0.1, 0.15) is 29.2 Å². The quantitative estimate of drug-likeness (QED) is 0.786. The molecule has 0 N–H and O–H groups in total. The molecular formula is C16H19NOS. The molecule has 19 heavy (non-hydrogen) atoms. The first-order valence-corrected chi connectivity index (χ1v) is 7.98. The van der Waals surface area contributed by atoms with Gasteiger partial charge in [-0.3, -0.25) is 0 Å². The van der Waals surface area contributed by atoms with Crippen LogP contribution in [0.15, 0.2) is 18.2 Å². The van der Waals surface area contributed by atoms with E-state index in [1.54, 1.807) is 17.6 Å². The van der Waals surface area contributed by atoms with Crippen molar-refractivity contribution in [3.63, 3.8) is 0 Å². The van der Waals surface area contributed by atoms with Gasteiger partial charge in [0.25, 0.3) is 0 Å². The van der Waals surface area contributed by atoms with Gasteiger partial charge in [0.2, 0.25) is 0 Å². The summed E-state index contributed by atoms with van der Waals surface area (Å²) in [6, 6.07) is 6.55. The minimum atomic E-state index is 0.773. The van der Waals surface area contributed by atoms with Crippen molar-refractivity contribution < 1.29 is 4.74 Å². The molecule has 100 valence electrons. The number of hydrogen-bond donors (Lipinski definition) is 0. The summed E-state index contributed by atoms with van der Waals surface area (Å²) in [7, 11) is 1.75. The maximum atomic E-state index is 5.39. The number of thiophene rings is 1. The number of rotatable bonds is 1. The second kappa shape index (κ2) is 4.50. The molecule has 0 spiro atoms. The number of piperidine rings is 1. The Kier molecular flexibility index (Phi) is 2.78. The third-order valence-electron chi connectivity index (χ3n) is 4.58. The third kappa shape index (κ3) is 1.87. The Hall–Kier alpha value is -1.06. The van der Waals surface area contributed by atoms with Gasteiger partial charge in [0.1, 0.15) is 5.75 Å². The number of fused-ring (bicyclic) bond motifs is 6. The van der Waals surface area contributed by atoms with Crippen molar-refractivity contribution in [1.29, 1.82) is 0 Å². The monoisotopic (exact) mass is 273 g/mol. The van der Waals surface area contributed by atoms with Crippen LogP contribution in [0, 0.1) is 0 Å². The van der Waals surface area contributed by atoms with Crippen molar-refractivity contribution in [3.8, 4) is 5.75 Å². The first-order valence-electron chi connectivity index (χ1n) is 7.17. The first kappa shape index (κ1) is 11.7. The smallest absolute Gasteiger partial charge is 0.119 e. The molecule has 2 atom stereocenters. The maximum absolute atomic E-state index is 5.39. The van der Waals surface area contributed by atoms with Crippen LogP contribution in [0.4, 0.5) is 0 Å². The van der Waals surface area contributed by atoms with Crippen LogP contribution in [0.5, 0.6) is 5.75 Å². The zero-order chi connectivity index (χ0) is 12.8. The minimum absolute atomic E-state index is 0.773. The lowest BCUT2D eigenvalue weighted by molar-refractivity contribution is 0.220. The molecule has 3 heteroatoms. The van der Waals surface area contributed by atoms with E-state index < -0.39 is 0 Å². The van der Waals surface area contributed by atoms with Gasteiger partial charge in [0, 0.05) is 28.6 Å². The van der Waals surface area contributed by atoms with E-state index in [1.165, 1.54) is 49.0 Å². The first-order chi connectivity index (χ1) is 9.35. The fourth-order valence-electron chi connectivity index (χ4n) is 3.60. The molecule has 0 saturated carbocycles. The molecule has 0 radical (unpaired) electrons. The van der Waals surface area contributed by atoms with Gasteiger partial charge >= 0.3 is 0 Å². The second-order valence-corrected chi connectivity index (χ2v) is 6.78. The Morgan fingerprint density at radius 2 is 2.26 bits per heavy atom. The molecule has 2 aliphatic rings. The normalized spacial score (nSPS) is 25.9. The summed E-state index contributed by atoms with van der Waals surface area (Å²) in [5.41, 5.74) is 1.60. The highest BCUT2D eigenvalue weighted by Crippen LogP contribution is 2.42. The van der Waals surface area contributed by atoms with Gasteiger partial charge in [-0.05, 0) is 55.0 Å². The lowest BCUT2D eigenvalue weighted by Gasteiger charge is -2.29. The average molecular weight is 273 g/mol. The average Bonchev–Trinajstić information content (AvgIpc) is 2.77. The molecule has 2 aliphatic heterocycles. The molecular weight excluding hydrogens is 254 g/mol. The van der Waals surface area contributed by atoms with Crippen molar-refractivity contribution in [1.82, 2.24) is 4.90 Å². The molecule has 4 rings (SSSR count). The van der Waals surface area contributed by atoms with Crippen molar-refractivity contribution in [2.75, 3.05) is 26.7 Å². The summed E-state index contributed by atoms with van der Waals surface area (Å²) in [5.74, 6) is 1.76. The summed E-state index contributed by atoms with van der Waals surface area (Å²) in [4.78, 5) is 4.30. The molecule has 2 nitrogen and oxygen atoms in total. The largest absolute Gasteiger partial charge is 0.497 e. The Balaban J connectivity index is 1.88. The maximum Gasteiger partial charge on any atom is 0.119 e. The van der Waals surface area contributed by atoms with Crippen molar-refractivity contribution >= 4 is 21.4 Å². The molecule has 0 amide bonds. The number of methoxy groups -OCH3 is 1. The SMILES string of the molecule is COc1ccc2sc3c(c2c1)CCN1CCC[C@@H]3C1. The van der Waals surface area contributed by atoms with E-state index in [9.17, 15) is 0 Å². The number of ether oxygens (including phenoxy) is 1. The van der Waals surface area contributed by atoms with Gasteiger partial charge in [-0.15, -0.1) is 11.3 Å². The van der Waals surface area contributed by atoms with E-state index in [2.05, 4.69) is 23.1 Å². The second-order valence-electron chi connectivity index (χ2n) is 5.70. The molecule has 1 saturated heterocycles. The Labute approximate surface area is 118 Å². The lowest BCUT2D eigenvalue weighted by atomic mass is 9.95. The fraction of sp³-hybridized carbons (Fsp3) is 0.500. The summed E-state index contributed by atoms with van der Waals surface area (Å²) >= 11 is 2.02. The predicted octanol–water partition coefficient (Wildman–Crippen LogP) is 3.65. The van der Waals surface area contributed by atoms with Gasteiger partial charge < -0.3 is 9.64 Å². The van der Waals surface area contributed by atoms with E-state index in [4.69, 9.17) is 4.74 Å². The highest BCUT2D eigenvalue weighted by molar-refractivity contribution is 7.19. The zero-order valence-corrected chi connectivity index (χ0v) is 12.1. The van der Waals surface area contributed by atoms with Crippen LogP contribution in [0.2, 0.25) is 0 Å². The Bertz CT molecular complexity index is 618. The molecule has 1 fully saturated rings. The molecule has 2 aromatic rings. The van der Waals surface area contributed by atoms with E-state index >= 15 is 0 Å². The molecule has 3 heterocycles. The van der Waals surface area contributed by atoms with Crippen LogP contribution in [0.25, 0.3) is 10.1 Å². The van der Waals surface area contributed by atoms with Crippen molar-refractivity contribution in [2.45, 2.75) is 25.2 Å². The highest BCUT2D eigenvalue weighted by Gasteiger charge is 2.29. The lowest BCUT2D eigenvalue weighted by Crippen LogP contribution is -2.33. The predicted molar refractivity (Wildman–Crippen MR) is 80.5 cm³/mol. The fourth-order valence-corrected chi connectivity index (χ4v) is 4.96. The number of hydrogen-bond acceptors (Lipinski definition) is 3. The molecule has 1 aromatic heterocycles. The van der Waals surface area contributed by atoms with Gasteiger partial charge in [0.05, 0.1) is 7.11 Å². The van der Waals surface area contributed by atoms with Crippen LogP contribution >= 0.6 is 11.3 Å². The summed E-state index contributed by atoms with van der Waals surface area (Å²) < 4.78 is 6.83. The van der Waals surface area contributed by atoms with Crippen LogP contribution in [-0.4, -0.2) is 31.6 Å². The number of nitrogens with zero attached hydrogens (tertiary/aromatic N) is 1. The van der Waals surface area contributed by atoms with Crippen LogP contribution in [0.3, 0.4) is 0 Å².